The fourth-order valence-electron chi connectivity index (χ4n) is 4.55. The largest absolute Gasteiger partial charge is 0.390 e. The van der Waals surface area contributed by atoms with Gasteiger partial charge in [0.05, 0.1) is 12.1 Å². The fourth-order valence-corrected chi connectivity index (χ4v) is 5.49. The first kappa shape index (κ1) is 32.8. The topological polar surface area (TPSA) is 81.7 Å². The van der Waals surface area contributed by atoms with Crippen molar-refractivity contribution < 1.29 is 23.5 Å². The van der Waals surface area contributed by atoms with Gasteiger partial charge >= 0.3 is 0 Å². The predicted molar refractivity (Wildman–Crippen MR) is 164 cm³/mol. The SMILES string of the molecule is CCCN(CCC)C(=O)c1cc(Br)cc(C(=O)N[C@@H](Cc2cc(F)cc(F)c2)[C@H](O)CNCc2cccc(Br)c2)c1. The first-order chi connectivity index (χ1) is 19.6. The van der Waals surface area contributed by atoms with Crippen molar-refractivity contribution in [1.82, 2.24) is 15.5 Å². The van der Waals surface area contributed by atoms with E-state index in [1.807, 2.05) is 38.1 Å². The number of benzene rings is 3. The van der Waals surface area contributed by atoms with Crippen molar-refractivity contribution in [2.75, 3.05) is 19.6 Å². The van der Waals surface area contributed by atoms with E-state index in [4.69, 9.17) is 0 Å². The third-order valence-electron chi connectivity index (χ3n) is 6.41. The summed E-state index contributed by atoms with van der Waals surface area (Å²) in [7, 11) is 0. The van der Waals surface area contributed by atoms with E-state index in [0.29, 0.717) is 35.2 Å². The Kier molecular flexibility index (Phi) is 12.9. The van der Waals surface area contributed by atoms with E-state index < -0.39 is 29.7 Å². The summed E-state index contributed by atoms with van der Waals surface area (Å²) in [6.45, 7) is 5.78. The van der Waals surface area contributed by atoms with E-state index in [2.05, 4.69) is 42.5 Å². The Hall–Kier alpha value is -2.66. The Bertz CT molecular complexity index is 1320. The van der Waals surface area contributed by atoms with Gasteiger partial charge in [0.25, 0.3) is 11.8 Å². The van der Waals surface area contributed by atoms with Crippen LogP contribution in [0.15, 0.2) is 69.6 Å². The van der Waals surface area contributed by atoms with E-state index in [1.54, 1.807) is 17.0 Å². The quantitative estimate of drug-likeness (QED) is 0.187. The van der Waals surface area contributed by atoms with Crippen LogP contribution in [0.4, 0.5) is 8.78 Å². The van der Waals surface area contributed by atoms with E-state index in [0.717, 1.165) is 28.9 Å². The van der Waals surface area contributed by atoms with Crippen molar-refractivity contribution in [2.45, 2.75) is 51.8 Å². The van der Waals surface area contributed by atoms with Gasteiger partial charge in [-0.1, -0.05) is 57.8 Å². The fraction of sp³-hybridized carbons (Fsp3) is 0.355. The highest BCUT2D eigenvalue weighted by Crippen LogP contribution is 2.19. The van der Waals surface area contributed by atoms with Gasteiger partial charge in [-0.3, -0.25) is 9.59 Å². The highest BCUT2D eigenvalue weighted by molar-refractivity contribution is 9.10. The number of carbonyl (C=O) groups is 2. The Labute approximate surface area is 256 Å². The Balaban J connectivity index is 1.81. The van der Waals surface area contributed by atoms with Crippen molar-refractivity contribution in [1.29, 1.82) is 0 Å². The zero-order valence-corrected chi connectivity index (χ0v) is 26.3. The number of halogens is 4. The minimum Gasteiger partial charge on any atom is -0.390 e. The Morgan fingerprint density at radius 3 is 2.17 bits per heavy atom. The second-order valence-corrected chi connectivity index (χ2v) is 11.7. The second kappa shape index (κ2) is 16.1. The number of nitrogens with one attached hydrogen (secondary N) is 2. The van der Waals surface area contributed by atoms with Crippen molar-refractivity contribution in [3.05, 3.63) is 103 Å². The monoisotopic (exact) mass is 693 g/mol. The van der Waals surface area contributed by atoms with Gasteiger partial charge in [0.15, 0.2) is 0 Å². The summed E-state index contributed by atoms with van der Waals surface area (Å²) < 4.78 is 29.3. The van der Waals surface area contributed by atoms with Crippen LogP contribution in [0.1, 0.15) is 58.5 Å². The predicted octanol–water partition coefficient (Wildman–Crippen LogP) is 6.24. The zero-order valence-electron chi connectivity index (χ0n) is 23.1. The van der Waals surface area contributed by atoms with Crippen molar-refractivity contribution in [2.24, 2.45) is 0 Å². The molecule has 0 aliphatic rings. The van der Waals surface area contributed by atoms with Gasteiger partial charge in [-0.05, 0) is 72.9 Å². The lowest BCUT2D eigenvalue weighted by molar-refractivity contribution is 0.0755. The second-order valence-electron chi connectivity index (χ2n) is 9.91. The standard InChI is InChI=1S/C31H35Br2F2N3O3/c1-3-8-38(9-4-2)31(41)23-14-22(15-25(33)16-23)30(40)37-28(13-21-11-26(34)17-27(35)12-21)29(39)19-36-18-20-6-5-7-24(32)10-20/h5-7,10-12,14-17,28-29,36,39H,3-4,8-9,13,18-19H2,1-2H3,(H,37,40)/t28-,29+/m0/s1. The highest BCUT2D eigenvalue weighted by Gasteiger charge is 2.24. The molecule has 0 heterocycles. The van der Waals surface area contributed by atoms with Crippen LogP contribution in [0.3, 0.4) is 0 Å². The molecule has 2 amide bonds. The summed E-state index contributed by atoms with van der Waals surface area (Å²) in [5.74, 6) is -2.18. The van der Waals surface area contributed by atoms with Crippen LogP contribution in [0, 0.1) is 11.6 Å². The average molecular weight is 695 g/mol. The molecule has 0 bridgehead atoms. The summed E-state index contributed by atoms with van der Waals surface area (Å²) in [4.78, 5) is 28.4. The summed E-state index contributed by atoms with van der Waals surface area (Å²) in [5, 5.41) is 17.1. The number of aliphatic hydroxyl groups is 1. The molecule has 3 N–H and O–H groups in total. The summed E-state index contributed by atoms with van der Waals surface area (Å²) in [5.41, 5.74) is 1.87. The number of amides is 2. The molecule has 0 unspecified atom stereocenters. The smallest absolute Gasteiger partial charge is 0.253 e. The highest BCUT2D eigenvalue weighted by atomic mass is 79.9. The van der Waals surface area contributed by atoms with Gasteiger partial charge in [0, 0.05) is 52.3 Å². The van der Waals surface area contributed by atoms with Crippen molar-refractivity contribution >= 4 is 43.7 Å². The molecule has 3 aromatic carbocycles. The average Bonchev–Trinajstić information content (AvgIpc) is 2.91. The third kappa shape index (κ3) is 10.3. The molecule has 0 spiro atoms. The van der Waals surface area contributed by atoms with Crippen LogP contribution in [0.2, 0.25) is 0 Å². The molecule has 6 nitrogen and oxygen atoms in total. The van der Waals surface area contributed by atoms with Gasteiger partial charge in [-0.15, -0.1) is 0 Å². The van der Waals surface area contributed by atoms with E-state index >= 15 is 0 Å². The van der Waals surface area contributed by atoms with Crippen LogP contribution < -0.4 is 10.6 Å². The van der Waals surface area contributed by atoms with Crippen LogP contribution >= 0.6 is 31.9 Å². The lowest BCUT2D eigenvalue weighted by Gasteiger charge is -2.25. The minimum absolute atomic E-state index is 0.0132. The van der Waals surface area contributed by atoms with Crippen LogP contribution in [-0.4, -0.2) is 53.6 Å². The Morgan fingerprint density at radius 2 is 1.54 bits per heavy atom. The first-order valence-corrected chi connectivity index (χ1v) is 15.2. The lowest BCUT2D eigenvalue weighted by atomic mass is 9.99. The third-order valence-corrected chi connectivity index (χ3v) is 7.36. The van der Waals surface area contributed by atoms with E-state index in [1.165, 1.54) is 18.2 Å². The molecule has 0 radical (unpaired) electrons. The minimum atomic E-state index is -1.09. The first-order valence-electron chi connectivity index (χ1n) is 13.6. The molecule has 2 atom stereocenters. The maximum Gasteiger partial charge on any atom is 0.253 e. The molecule has 0 saturated heterocycles. The Morgan fingerprint density at radius 1 is 0.878 bits per heavy atom. The lowest BCUT2D eigenvalue weighted by Crippen LogP contribution is -2.48. The number of hydrogen-bond acceptors (Lipinski definition) is 4. The van der Waals surface area contributed by atoms with E-state index in [-0.39, 0.29) is 24.4 Å². The van der Waals surface area contributed by atoms with Gasteiger partial charge in [-0.25, -0.2) is 8.78 Å². The molecule has 0 saturated carbocycles. The van der Waals surface area contributed by atoms with Gasteiger partial charge in [-0.2, -0.15) is 0 Å². The number of aliphatic hydroxyl groups excluding tert-OH is 1. The molecule has 41 heavy (non-hydrogen) atoms. The van der Waals surface area contributed by atoms with Gasteiger partial charge in [0.2, 0.25) is 0 Å². The maximum atomic E-state index is 13.9. The van der Waals surface area contributed by atoms with Crippen LogP contribution in [-0.2, 0) is 13.0 Å². The molecule has 3 aromatic rings. The molecular formula is C31H35Br2F2N3O3. The van der Waals surface area contributed by atoms with Crippen molar-refractivity contribution in [3.8, 4) is 0 Å². The summed E-state index contributed by atoms with van der Waals surface area (Å²) >= 11 is 6.84. The molecule has 0 aliphatic carbocycles. The maximum absolute atomic E-state index is 13.9. The summed E-state index contributed by atoms with van der Waals surface area (Å²) in [6, 6.07) is 14.7. The number of nitrogens with zero attached hydrogens (tertiary/aromatic N) is 1. The van der Waals surface area contributed by atoms with Crippen LogP contribution in [0.5, 0.6) is 0 Å². The van der Waals surface area contributed by atoms with Crippen molar-refractivity contribution in [3.63, 3.8) is 0 Å². The zero-order chi connectivity index (χ0) is 29.9. The van der Waals surface area contributed by atoms with Gasteiger partial charge < -0.3 is 20.6 Å². The molecule has 220 valence electrons. The van der Waals surface area contributed by atoms with Gasteiger partial charge in [0.1, 0.15) is 11.6 Å². The van der Waals surface area contributed by atoms with Crippen LogP contribution in [0.25, 0.3) is 0 Å². The number of rotatable bonds is 14. The number of carbonyl (C=O) groups excluding carboxylic acids is 2. The number of hydrogen-bond donors (Lipinski definition) is 3. The molecule has 10 heteroatoms. The molecule has 0 aromatic heterocycles. The molecule has 0 aliphatic heterocycles. The molecular weight excluding hydrogens is 660 g/mol. The van der Waals surface area contributed by atoms with E-state index in [9.17, 15) is 23.5 Å². The molecule has 3 rings (SSSR count). The molecule has 0 fully saturated rings. The normalized spacial score (nSPS) is 12.6. The summed E-state index contributed by atoms with van der Waals surface area (Å²) in [6.07, 6.45) is 0.516.